The molecule has 2 aromatic rings. The van der Waals surface area contributed by atoms with E-state index in [1.54, 1.807) is 12.4 Å². The van der Waals surface area contributed by atoms with Gasteiger partial charge >= 0.3 is 0 Å². The summed E-state index contributed by atoms with van der Waals surface area (Å²) in [6.07, 6.45) is 4.31. The molecule has 6 heteroatoms. The second kappa shape index (κ2) is 5.58. The largest absolute Gasteiger partial charge is 0.310 e. The molecule has 2 rings (SSSR count). The first kappa shape index (κ1) is 13.2. The van der Waals surface area contributed by atoms with Crippen molar-refractivity contribution in [3.05, 3.63) is 40.1 Å². The zero-order valence-electron chi connectivity index (χ0n) is 10.7. The molecule has 0 aliphatic carbocycles. The molecule has 1 atom stereocenters. The van der Waals surface area contributed by atoms with Gasteiger partial charge in [-0.05, 0) is 36.0 Å². The van der Waals surface area contributed by atoms with Gasteiger partial charge in [0.15, 0.2) is 0 Å². The van der Waals surface area contributed by atoms with Gasteiger partial charge in [0.1, 0.15) is 5.82 Å². The molecular weight excluding hydrogens is 294 g/mol. The van der Waals surface area contributed by atoms with E-state index in [1.807, 2.05) is 31.8 Å². The van der Waals surface area contributed by atoms with Gasteiger partial charge in [0.25, 0.3) is 0 Å². The van der Waals surface area contributed by atoms with Gasteiger partial charge in [-0.1, -0.05) is 0 Å². The number of rotatable bonds is 4. The van der Waals surface area contributed by atoms with Crippen molar-refractivity contribution in [3.63, 3.8) is 0 Å². The number of nitrogens with zero attached hydrogens (tertiary/aromatic N) is 4. The van der Waals surface area contributed by atoms with Crippen molar-refractivity contribution < 1.29 is 0 Å². The summed E-state index contributed by atoms with van der Waals surface area (Å²) in [6, 6.07) is 1.90. The summed E-state index contributed by atoms with van der Waals surface area (Å²) in [5, 5.41) is 7.64. The van der Waals surface area contributed by atoms with Crippen LogP contribution in [0.3, 0.4) is 0 Å². The minimum atomic E-state index is 0.0808. The molecule has 96 valence electrons. The first-order valence-corrected chi connectivity index (χ1v) is 6.55. The van der Waals surface area contributed by atoms with Crippen LogP contribution in [0.2, 0.25) is 0 Å². The van der Waals surface area contributed by atoms with Crippen LogP contribution < -0.4 is 5.32 Å². The van der Waals surface area contributed by atoms with Crippen LogP contribution in [0.1, 0.15) is 23.3 Å². The molecule has 0 aliphatic rings. The van der Waals surface area contributed by atoms with Crippen LogP contribution in [0, 0.1) is 6.92 Å². The van der Waals surface area contributed by atoms with Gasteiger partial charge in [0.05, 0.1) is 21.9 Å². The molecule has 0 fully saturated rings. The first-order valence-electron chi connectivity index (χ1n) is 5.75. The van der Waals surface area contributed by atoms with Crippen LogP contribution in [0.5, 0.6) is 0 Å². The summed E-state index contributed by atoms with van der Waals surface area (Å²) in [6.45, 7) is 1.99. The second-order valence-electron chi connectivity index (χ2n) is 4.12. The average molecular weight is 310 g/mol. The summed E-state index contributed by atoms with van der Waals surface area (Å²) in [7, 11) is 3.86. The minimum Gasteiger partial charge on any atom is -0.310 e. The highest BCUT2D eigenvalue weighted by Gasteiger charge is 2.18. The van der Waals surface area contributed by atoms with Crippen molar-refractivity contribution >= 4 is 15.9 Å². The number of aromatic nitrogens is 4. The van der Waals surface area contributed by atoms with Crippen LogP contribution in [0.15, 0.2) is 22.9 Å². The van der Waals surface area contributed by atoms with Gasteiger partial charge in [-0.2, -0.15) is 5.10 Å². The van der Waals surface area contributed by atoms with E-state index in [0.717, 1.165) is 28.1 Å². The fourth-order valence-corrected chi connectivity index (χ4v) is 2.41. The standard InChI is InChI=1S/C12H16BrN5/c1-8-11(13)10(18(3)17-8)7-9(14-2)12-15-5-4-6-16-12/h4-6,9,14H,7H2,1-3H3. The summed E-state index contributed by atoms with van der Waals surface area (Å²) in [5.41, 5.74) is 2.13. The highest BCUT2D eigenvalue weighted by Crippen LogP contribution is 2.24. The molecule has 1 N–H and O–H groups in total. The summed E-state index contributed by atoms with van der Waals surface area (Å²) < 4.78 is 2.95. The molecule has 0 aliphatic heterocycles. The molecule has 0 aromatic carbocycles. The maximum Gasteiger partial charge on any atom is 0.145 e. The lowest BCUT2D eigenvalue weighted by Gasteiger charge is -2.14. The topological polar surface area (TPSA) is 55.6 Å². The van der Waals surface area contributed by atoms with E-state index in [0.29, 0.717) is 0 Å². The molecule has 18 heavy (non-hydrogen) atoms. The predicted octanol–water partition coefficient (Wildman–Crippen LogP) is 1.78. The van der Waals surface area contributed by atoms with E-state index in [-0.39, 0.29) is 6.04 Å². The molecule has 2 heterocycles. The van der Waals surface area contributed by atoms with Crippen LogP contribution >= 0.6 is 15.9 Å². The third kappa shape index (κ3) is 2.59. The molecule has 1 unspecified atom stereocenters. The Morgan fingerprint density at radius 1 is 1.39 bits per heavy atom. The number of aryl methyl sites for hydroxylation is 2. The Labute approximate surface area is 115 Å². The fourth-order valence-electron chi connectivity index (χ4n) is 1.91. The molecular formula is C12H16BrN5. The minimum absolute atomic E-state index is 0.0808. The summed E-state index contributed by atoms with van der Waals surface area (Å²) in [4.78, 5) is 8.59. The molecule has 0 radical (unpaired) electrons. The lowest BCUT2D eigenvalue weighted by molar-refractivity contribution is 0.533. The Balaban J connectivity index is 2.26. The number of likely N-dealkylation sites (N-methyl/N-ethyl adjacent to an activating group) is 1. The molecule has 2 aromatic heterocycles. The van der Waals surface area contributed by atoms with Crippen LogP contribution in [-0.2, 0) is 13.5 Å². The van der Waals surface area contributed by atoms with Crippen molar-refractivity contribution in [1.82, 2.24) is 25.1 Å². The Hall–Kier alpha value is -1.27. The van der Waals surface area contributed by atoms with Crippen molar-refractivity contribution in [1.29, 1.82) is 0 Å². The number of hydrogen-bond acceptors (Lipinski definition) is 4. The van der Waals surface area contributed by atoms with E-state index in [2.05, 4.69) is 36.3 Å². The third-order valence-electron chi connectivity index (χ3n) is 2.90. The Morgan fingerprint density at radius 3 is 2.56 bits per heavy atom. The highest BCUT2D eigenvalue weighted by atomic mass is 79.9. The van der Waals surface area contributed by atoms with E-state index >= 15 is 0 Å². The molecule has 0 bridgehead atoms. The van der Waals surface area contributed by atoms with Crippen LogP contribution in [0.25, 0.3) is 0 Å². The van der Waals surface area contributed by atoms with Gasteiger partial charge in [-0.25, -0.2) is 9.97 Å². The van der Waals surface area contributed by atoms with Gasteiger partial charge in [0, 0.05) is 25.9 Å². The maximum absolute atomic E-state index is 4.39. The predicted molar refractivity (Wildman–Crippen MR) is 73.2 cm³/mol. The van der Waals surface area contributed by atoms with Gasteiger partial charge in [-0.3, -0.25) is 4.68 Å². The van der Waals surface area contributed by atoms with Crippen molar-refractivity contribution in [2.45, 2.75) is 19.4 Å². The van der Waals surface area contributed by atoms with Gasteiger partial charge in [-0.15, -0.1) is 0 Å². The monoisotopic (exact) mass is 309 g/mol. The Kier molecular flexibility index (Phi) is 4.08. The second-order valence-corrected chi connectivity index (χ2v) is 4.92. The van der Waals surface area contributed by atoms with E-state index in [9.17, 15) is 0 Å². The molecule has 0 spiro atoms. The maximum atomic E-state index is 4.39. The number of nitrogens with one attached hydrogen (secondary N) is 1. The van der Waals surface area contributed by atoms with Crippen molar-refractivity contribution in [3.8, 4) is 0 Å². The molecule has 5 nitrogen and oxygen atoms in total. The Morgan fingerprint density at radius 2 is 2.06 bits per heavy atom. The number of hydrogen-bond donors (Lipinski definition) is 1. The number of halogens is 1. The third-order valence-corrected chi connectivity index (χ3v) is 3.94. The lowest BCUT2D eigenvalue weighted by atomic mass is 10.1. The average Bonchev–Trinajstić information content (AvgIpc) is 2.62. The van der Waals surface area contributed by atoms with E-state index < -0.39 is 0 Å². The summed E-state index contributed by atoms with van der Waals surface area (Å²) in [5.74, 6) is 0.797. The van der Waals surface area contributed by atoms with E-state index in [1.165, 1.54) is 0 Å². The SMILES string of the molecule is CNC(Cc1c(Br)c(C)nn1C)c1ncccn1. The van der Waals surface area contributed by atoms with Gasteiger partial charge in [0.2, 0.25) is 0 Å². The van der Waals surface area contributed by atoms with Crippen LogP contribution in [0.4, 0.5) is 0 Å². The molecule has 0 saturated heterocycles. The Bertz CT molecular complexity index is 523. The molecule has 0 saturated carbocycles. The van der Waals surface area contributed by atoms with Crippen molar-refractivity contribution in [2.75, 3.05) is 7.05 Å². The van der Waals surface area contributed by atoms with Crippen LogP contribution in [-0.4, -0.2) is 26.8 Å². The zero-order valence-corrected chi connectivity index (χ0v) is 12.3. The van der Waals surface area contributed by atoms with E-state index in [4.69, 9.17) is 0 Å². The first-order chi connectivity index (χ1) is 8.63. The summed E-state index contributed by atoms with van der Waals surface area (Å²) >= 11 is 3.58. The fraction of sp³-hybridized carbons (Fsp3) is 0.417. The quantitative estimate of drug-likeness (QED) is 0.935. The van der Waals surface area contributed by atoms with Gasteiger partial charge < -0.3 is 5.32 Å². The molecule has 0 amide bonds. The highest BCUT2D eigenvalue weighted by molar-refractivity contribution is 9.10. The normalized spacial score (nSPS) is 12.7. The lowest BCUT2D eigenvalue weighted by Crippen LogP contribution is -2.22. The van der Waals surface area contributed by atoms with Crippen molar-refractivity contribution in [2.24, 2.45) is 7.05 Å². The smallest absolute Gasteiger partial charge is 0.145 e. The zero-order chi connectivity index (χ0) is 13.1.